The highest BCUT2D eigenvalue weighted by molar-refractivity contribution is 6.37. The summed E-state index contributed by atoms with van der Waals surface area (Å²) < 4.78 is 6.92. The van der Waals surface area contributed by atoms with Crippen molar-refractivity contribution in [2.24, 2.45) is 7.05 Å². The number of benzene rings is 1. The smallest absolute Gasteiger partial charge is 0.270 e. The summed E-state index contributed by atoms with van der Waals surface area (Å²) in [7, 11) is 1.55. The quantitative estimate of drug-likeness (QED) is 0.810. The molecular weight excluding hydrogens is 351 g/mol. The van der Waals surface area contributed by atoms with Crippen molar-refractivity contribution in [2.45, 2.75) is 19.8 Å². The third kappa shape index (κ3) is 3.99. The first kappa shape index (κ1) is 18.1. The third-order valence-electron chi connectivity index (χ3n) is 3.27. The summed E-state index contributed by atoms with van der Waals surface area (Å²) in [6.07, 6.45) is 0. The second-order valence-corrected chi connectivity index (χ2v) is 6.22. The van der Waals surface area contributed by atoms with Gasteiger partial charge in [0, 0.05) is 24.4 Å². The average Bonchev–Trinajstić information content (AvgIpc) is 2.51. The van der Waals surface area contributed by atoms with Gasteiger partial charge in [-0.15, -0.1) is 5.10 Å². The molecule has 0 bridgehead atoms. The molecule has 0 radical (unpaired) electrons. The fourth-order valence-corrected chi connectivity index (χ4v) is 2.64. The van der Waals surface area contributed by atoms with Crippen molar-refractivity contribution in [1.29, 1.82) is 5.26 Å². The summed E-state index contributed by atoms with van der Waals surface area (Å²) >= 11 is 12.4. The lowest BCUT2D eigenvalue weighted by Gasteiger charge is -2.13. The number of nitriles is 1. The van der Waals surface area contributed by atoms with Crippen LogP contribution in [-0.2, 0) is 7.05 Å². The molecule has 6 nitrogen and oxygen atoms in total. The largest absolute Gasteiger partial charge is 0.434 e. The molecule has 1 heterocycles. The van der Waals surface area contributed by atoms with Crippen molar-refractivity contribution >= 4 is 28.9 Å². The van der Waals surface area contributed by atoms with E-state index in [1.807, 2.05) is 19.9 Å². The first-order valence-corrected chi connectivity index (χ1v) is 7.95. The van der Waals surface area contributed by atoms with Crippen LogP contribution < -0.4 is 15.6 Å². The van der Waals surface area contributed by atoms with Crippen molar-refractivity contribution in [3.8, 4) is 17.7 Å². The summed E-state index contributed by atoms with van der Waals surface area (Å²) in [4.78, 5) is 12.1. The van der Waals surface area contributed by atoms with Crippen LogP contribution in [0, 0.1) is 11.3 Å². The zero-order chi connectivity index (χ0) is 17.9. The van der Waals surface area contributed by atoms with Gasteiger partial charge in [0.1, 0.15) is 6.54 Å². The number of halogens is 2. The van der Waals surface area contributed by atoms with E-state index in [1.54, 1.807) is 25.2 Å². The van der Waals surface area contributed by atoms with E-state index in [0.29, 0.717) is 11.3 Å². The van der Waals surface area contributed by atoms with E-state index in [2.05, 4.69) is 10.4 Å². The lowest BCUT2D eigenvalue weighted by molar-refractivity contribution is 0.438. The van der Waals surface area contributed by atoms with E-state index in [4.69, 9.17) is 33.2 Å². The van der Waals surface area contributed by atoms with Gasteiger partial charge in [0.05, 0.1) is 16.1 Å². The van der Waals surface area contributed by atoms with Crippen molar-refractivity contribution < 1.29 is 4.74 Å². The van der Waals surface area contributed by atoms with Gasteiger partial charge in [-0.25, -0.2) is 4.68 Å². The predicted molar refractivity (Wildman–Crippen MR) is 94.2 cm³/mol. The minimum absolute atomic E-state index is 0.0255. The van der Waals surface area contributed by atoms with Crippen LogP contribution in [0.4, 0.5) is 5.69 Å². The molecule has 126 valence electrons. The highest BCUT2D eigenvalue weighted by Crippen LogP contribution is 2.38. The Hall–Kier alpha value is -2.23. The van der Waals surface area contributed by atoms with Crippen molar-refractivity contribution in [1.82, 2.24) is 9.78 Å². The number of aromatic nitrogens is 2. The molecule has 0 aliphatic heterocycles. The van der Waals surface area contributed by atoms with Gasteiger partial charge in [0.15, 0.2) is 5.75 Å². The van der Waals surface area contributed by atoms with Gasteiger partial charge in [0.25, 0.3) is 5.56 Å². The van der Waals surface area contributed by atoms with Gasteiger partial charge in [-0.1, -0.05) is 37.0 Å². The second-order valence-electron chi connectivity index (χ2n) is 5.40. The van der Waals surface area contributed by atoms with Crippen molar-refractivity contribution in [2.75, 3.05) is 11.9 Å². The lowest BCUT2D eigenvalue weighted by atomic mass is 10.1. The fourth-order valence-electron chi connectivity index (χ4n) is 2.07. The van der Waals surface area contributed by atoms with Gasteiger partial charge < -0.3 is 10.1 Å². The number of hydrogen-bond acceptors (Lipinski definition) is 5. The van der Waals surface area contributed by atoms with E-state index >= 15 is 0 Å². The van der Waals surface area contributed by atoms with Crippen LogP contribution >= 0.6 is 23.2 Å². The van der Waals surface area contributed by atoms with Gasteiger partial charge in [0.2, 0.25) is 5.88 Å². The van der Waals surface area contributed by atoms with Crippen LogP contribution in [0.25, 0.3) is 0 Å². The summed E-state index contributed by atoms with van der Waals surface area (Å²) in [5.41, 5.74) is 1.02. The molecule has 1 aromatic carbocycles. The molecule has 0 saturated carbocycles. The third-order valence-corrected chi connectivity index (χ3v) is 3.83. The second kappa shape index (κ2) is 7.56. The standard InChI is InChI=1S/C16H16Cl2N4O2/c1-9(2)11-8-14(21-22(3)16(11)23)24-15-12(17)6-10(7-13(15)18)20-5-4-19/h6-9,20H,5H2,1-3H3. The zero-order valence-corrected chi connectivity index (χ0v) is 14.9. The summed E-state index contributed by atoms with van der Waals surface area (Å²) in [5, 5.41) is 16.1. The summed E-state index contributed by atoms with van der Waals surface area (Å²) in [6, 6.07) is 6.76. The molecule has 1 aromatic heterocycles. The maximum atomic E-state index is 12.1. The molecule has 0 aliphatic rings. The Labute approximate surface area is 149 Å². The van der Waals surface area contributed by atoms with E-state index in [9.17, 15) is 4.79 Å². The maximum Gasteiger partial charge on any atom is 0.270 e. The first-order chi connectivity index (χ1) is 11.3. The molecule has 0 atom stereocenters. The van der Waals surface area contributed by atoms with E-state index < -0.39 is 0 Å². The molecule has 0 unspecified atom stereocenters. The van der Waals surface area contributed by atoms with Gasteiger partial charge in [-0.05, 0) is 18.1 Å². The average molecular weight is 367 g/mol. The van der Waals surface area contributed by atoms with Gasteiger partial charge >= 0.3 is 0 Å². The highest BCUT2D eigenvalue weighted by Gasteiger charge is 2.15. The molecular formula is C16H16Cl2N4O2. The molecule has 1 N–H and O–H groups in total. The number of nitrogens with zero attached hydrogens (tertiary/aromatic N) is 3. The monoisotopic (exact) mass is 366 g/mol. The van der Waals surface area contributed by atoms with E-state index in [-0.39, 0.29) is 39.7 Å². The Morgan fingerprint density at radius 1 is 1.33 bits per heavy atom. The maximum absolute atomic E-state index is 12.1. The van der Waals surface area contributed by atoms with Crippen LogP contribution in [0.5, 0.6) is 11.6 Å². The minimum Gasteiger partial charge on any atom is -0.434 e. The zero-order valence-electron chi connectivity index (χ0n) is 13.4. The van der Waals surface area contributed by atoms with Crippen LogP contribution in [0.2, 0.25) is 10.0 Å². The molecule has 2 rings (SSSR count). The predicted octanol–water partition coefficient (Wildman–Crippen LogP) is 3.94. The Bertz CT molecular complexity index is 833. The molecule has 24 heavy (non-hydrogen) atoms. The van der Waals surface area contributed by atoms with E-state index in [0.717, 1.165) is 0 Å². The van der Waals surface area contributed by atoms with Crippen LogP contribution in [0.3, 0.4) is 0 Å². The van der Waals surface area contributed by atoms with E-state index in [1.165, 1.54) is 4.68 Å². The molecule has 8 heteroatoms. The number of ether oxygens (including phenoxy) is 1. The topological polar surface area (TPSA) is 79.9 Å². The Kier molecular flexibility index (Phi) is 5.71. The Balaban J connectivity index is 2.38. The number of anilines is 1. The normalized spacial score (nSPS) is 10.5. The minimum atomic E-state index is -0.175. The van der Waals surface area contributed by atoms with Crippen molar-refractivity contribution in [3.63, 3.8) is 0 Å². The van der Waals surface area contributed by atoms with Crippen LogP contribution in [0.15, 0.2) is 23.0 Å². The SMILES string of the molecule is CC(C)c1cc(Oc2c(Cl)cc(NCC#N)cc2Cl)nn(C)c1=O. The summed E-state index contributed by atoms with van der Waals surface area (Å²) in [5.74, 6) is 0.488. The molecule has 2 aromatic rings. The molecule has 0 amide bonds. The molecule has 0 fully saturated rings. The Morgan fingerprint density at radius 3 is 2.50 bits per heavy atom. The van der Waals surface area contributed by atoms with Crippen LogP contribution in [-0.4, -0.2) is 16.3 Å². The molecule has 0 aliphatic carbocycles. The summed E-state index contributed by atoms with van der Waals surface area (Å²) in [6.45, 7) is 3.96. The lowest BCUT2D eigenvalue weighted by Crippen LogP contribution is -2.24. The van der Waals surface area contributed by atoms with Gasteiger partial charge in [-0.2, -0.15) is 5.26 Å². The number of aryl methyl sites for hydroxylation is 1. The number of hydrogen-bond donors (Lipinski definition) is 1. The highest BCUT2D eigenvalue weighted by atomic mass is 35.5. The first-order valence-electron chi connectivity index (χ1n) is 7.19. The van der Waals surface area contributed by atoms with Crippen LogP contribution in [0.1, 0.15) is 25.3 Å². The molecule has 0 saturated heterocycles. The molecule has 0 spiro atoms. The fraction of sp³-hybridized carbons (Fsp3) is 0.312. The number of nitrogens with one attached hydrogen (secondary N) is 1. The number of rotatable bonds is 5. The van der Waals surface area contributed by atoms with Crippen molar-refractivity contribution in [3.05, 3.63) is 44.2 Å². The van der Waals surface area contributed by atoms with Gasteiger partial charge in [-0.3, -0.25) is 4.79 Å². The Morgan fingerprint density at radius 2 is 1.96 bits per heavy atom.